The molecule has 0 radical (unpaired) electrons. The molecule has 1 unspecified atom stereocenters. The van der Waals surface area contributed by atoms with Crippen molar-refractivity contribution in [1.82, 2.24) is 19.9 Å². The van der Waals surface area contributed by atoms with Crippen LogP contribution in [0.15, 0.2) is 36.1 Å². The summed E-state index contributed by atoms with van der Waals surface area (Å²) in [7, 11) is 2.01. The Bertz CT molecular complexity index is 864. The monoisotopic (exact) mass is 410 g/mol. The Kier molecular flexibility index (Phi) is 8.31. The van der Waals surface area contributed by atoms with Gasteiger partial charge in [-0.05, 0) is 50.3 Å². The molecule has 2 aromatic rings. The minimum atomic E-state index is 0.384. The van der Waals surface area contributed by atoms with Gasteiger partial charge in [0.15, 0.2) is 5.65 Å². The molecule has 0 aromatic carbocycles. The van der Waals surface area contributed by atoms with Gasteiger partial charge >= 0.3 is 0 Å². The molecule has 0 spiro atoms. The van der Waals surface area contributed by atoms with Crippen LogP contribution in [-0.2, 0) is 0 Å². The number of fused-ring (bicyclic) bond motifs is 1. The summed E-state index contributed by atoms with van der Waals surface area (Å²) in [4.78, 5) is 4.88. The molecule has 2 heterocycles. The van der Waals surface area contributed by atoms with E-state index in [1.807, 2.05) is 17.8 Å². The molecule has 30 heavy (non-hydrogen) atoms. The predicted octanol–water partition coefficient (Wildman–Crippen LogP) is 4.98. The van der Waals surface area contributed by atoms with E-state index in [0.29, 0.717) is 11.8 Å². The molecule has 3 rings (SSSR count). The minimum Gasteiger partial charge on any atom is -0.370 e. The largest absolute Gasteiger partial charge is 0.370 e. The van der Waals surface area contributed by atoms with Crippen LogP contribution in [0.4, 0.5) is 11.6 Å². The fourth-order valence-corrected chi connectivity index (χ4v) is 3.83. The topological polar surface area (TPSA) is 66.3 Å². The molecule has 6 heteroatoms. The predicted molar refractivity (Wildman–Crippen MR) is 127 cm³/mol. The van der Waals surface area contributed by atoms with Crippen LogP contribution in [0.25, 0.3) is 5.65 Å². The number of hydrogen-bond acceptors (Lipinski definition) is 5. The summed E-state index contributed by atoms with van der Waals surface area (Å²) in [6.07, 6.45) is 14.8. The van der Waals surface area contributed by atoms with Gasteiger partial charge in [0.05, 0.1) is 6.20 Å². The van der Waals surface area contributed by atoms with Gasteiger partial charge in [-0.2, -0.15) is 9.61 Å². The molecule has 164 valence electrons. The number of nitrogens with one attached hydrogen (secondary N) is 3. The Balaban J connectivity index is 1.70. The van der Waals surface area contributed by atoms with Gasteiger partial charge in [-0.15, -0.1) is 0 Å². The van der Waals surface area contributed by atoms with Gasteiger partial charge in [-0.1, -0.05) is 51.8 Å². The first kappa shape index (κ1) is 22.3. The normalized spacial score (nSPS) is 16.3. The van der Waals surface area contributed by atoms with Crippen molar-refractivity contribution in [2.24, 2.45) is 5.92 Å². The number of anilines is 2. The fourth-order valence-electron chi connectivity index (χ4n) is 3.83. The van der Waals surface area contributed by atoms with Gasteiger partial charge in [-0.25, -0.2) is 4.98 Å². The molecule has 1 aliphatic rings. The van der Waals surface area contributed by atoms with Crippen LogP contribution in [0.5, 0.6) is 0 Å². The summed E-state index contributed by atoms with van der Waals surface area (Å²) in [5.74, 6) is 2.89. The van der Waals surface area contributed by atoms with Gasteiger partial charge in [0.2, 0.25) is 0 Å². The molecular formula is C24H38N6. The van der Waals surface area contributed by atoms with E-state index in [9.17, 15) is 0 Å². The van der Waals surface area contributed by atoms with Crippen LogP contribution >= 0.6 is 0 Å². The lowest BCUT2D eigenvalue weighted by atomic mass is 9.98. The molecule has 0 saturated heterocycles. The van der Waals surface area contributed by atoms with Crippen LogP contribution < -0.4 is 16.0 Å². The molecule has 1 atom stereocenters. The van der Waals surface area contributed by atoms with Crippen molar-refractivity contribution in [3.05, 3.63) is 41.6 Å². The van der Waals surface area contributed by atoms with E-state index in [1.54, 1.807) is 0 Å². The quantitative estimate of drug-likeness (QED) is 0.431. The average Bonchev–Trinajstić information content (AvgIpc) is 3.16. The minimum absolute atomic E-state index is 0.384. The Morgan fingerprint density at radius 3 is 2.67 bits per heavy atom. The Labute approximate surface area is 181 Å². The van der Waals surface area contributed by atoms with Crippen molar-refractivity contribution < 1.29 is 0 Å². The second kappa shape index (κ2) is 11.2. The smallest absolute Gasteiger partial charge is 0.163 e. The number of aromatic nitrogens is 3. The van der Waals surface area contributed by atoms with Gasteiger partial charge < -0.3 is 16.0 Å². The number of rotatable bonds is 12. The fraction of sp³-hybridized carbons (Fsp3) is 0.583. The van der Waals surface area contributed by atoms with Crippen molar-refractivity contribution in [1.29, 1.82) is 0 Å². The van der Waals surface area contributed by atoms with Crippen LogP contribution in [0.2, 0.25) is 0 Å². The van der Waals surface area contributed by atoms with E-state index >= 15 is 0 Å². The number of nitrogens with zero attached hydrogens (tertiary/aromatic N) is 3. The van der Waals surface area contributed by atoms with Crippen LogP contribution in [0, 0.1) is 5.92 Å². The summed E-state index contributed by atoms with van der Waals surface area (Å²) >= 11 is 0. The van der Waals surface area contributed by atoms with E-state index < -0.39 is 0 Å². The number of unbranched alkanes of at least 4 members (excludes halogenated alkanes) is 3. The zero-order valence-corrected chi connectivity index (χ0v) is 19.0. The highest BCUT2D eigenvalue weighted by Gasteiger charge is 2.14. The standard InChI is InChI=1S/C24H38N6/c1-18(2)21-17-28-30-23(27-16-20-11-9-10-19(3)14-20)15-22(29-24(21)30)26-13-8-6-5-7-12-25-4/h9,11,14-15,17-19,25,27H,5-8,10,12-13,16H2,1-4H3,(H,26,29). The lowest BCUT2D eigenvalue weighted by Crippen LogP contribution is -2.12. The first-order chi connectivity index (χ1) is 14.6. The van der Waals surface area contributed by atoms with Crippen LogP contribution in [-0.4, -0.2) is 41.3 Å². The molecule has 0 fully saturated rings. The Morgan fingerprint density at radius 2 is 1.93 bits per heavy atom. The average molecular weight is 411 g/mol. The molecule has 6 nitrogen and oxygen atoms in total. The summed E-state index contributed by atoms with van der Waals surface area (Å²) in [6.45, 7) is 9.48. The Hall–Kier alpha value is -2.34. The highest BCUT2D eigenvalue weighted by molar-refractivity contribution is 5.61. The maximum atomic E-state index is 4.88. The second-order valence-electron chi connectivity index (χ2n) is 8.67. The first-order valence-corrected chi connectivity index (χ1v) is 11.5. The summed E-state index contributed by atoms with van der Waals surface area (Å²) < 4.78 is 1.94. The molecule has 1 aliphatic carbocycles. The number of hydrogen-bond donors (Lipinski definition) is 3. The molecule has 0 bridgehead atoms. The van der Waals surface area contributed by atoms with Crippen molar-refractivity contribution in [2.45, 2.75) is 58.8 Å². The zero-order valence-electron chi connectivity index (χ0n) is 19.0. The van der Waals surface area contributed by atoms with Crippen LogP contribution in [0.3, 0.4) is 0 Å². The second-order valence-corrected chi connectivity index (χ2v) is 8.67. The SMILES string of the molecule is CNCCCCCCNc1cc(NCC2=CC(C)CC=C2)n2ncc(C(C)C)c2n1. The molecule has 0 aliphatic heterocycles. The van der Waals surface area contributed by atoms with Gasteiger partial charge in [0.25, 0.3) is 0 Å². The van der Waals surface area contributed by atoms with Crippen LogP contribution in [0.1, 0.15) is 64.4 Å². The Morgan fingerprint density at radius 1 is 1.13 bits per heavy atom. The van der Waals surface area contributed by atoms with Crippen molar-refractivity contribution in [3.63, 3.8) is 0 Å². The summed E-state index contributed by atoms with van der Waals surface area (Å²) in [5.41, 5.74) is 3.44. The van der Waals surface area contributed by atoms with E-state index in [0.717, 1.165) is 49.8 Å². The summed E-state index contributed by atoms with van der Waals surface area (Å²) in [5, 5.41) is 14.9. The van der Waals surface area contributed by atoms with Gasteiger partial charge in [0.1, 0.15) is 11.6 Å². The lowest BCUT2D eigenvalue weighted by molar-refractivity contribution is 0.626. The molecule has 3 N–H and O–H groups in total. The molecule has 0 saturated carbocycles. The third-order valence-corrected chi connectivity index (χ3v) is 5.59. The van der Waals surface area contributed by atoms with Crippen molar-refractivity contribution >= 4 is 17.3 Å². The van der Waals surface area contributed by atoms with Gasteiger partial charge in [0, 0.05) is 24.7 Å². The maximum Gasteiger partial charge on any atom is 0.163 e. The van der Waals surface area contributed by atoms with Crippen molar-refractivity contribution in [2.75, 3.05) is 37.3 Å². The highest BCUT2D eigenvalue weighted by atomic mass is 15.3. The van der Waals surface area contributed by atoms with E-state index in [-0.39, 0.29) is 0 Å². The van der Waals surface area contributed by atoms with E-state index in [2.05, 4.69) is 66.1 Å². The van der Waals surface area contributed by atoms with Crippen molar-refractivity contribution in [3.8, 4) is 0 Å². The molecule has 0 amide bonds. The van der Waals surface area contributed by atoms with E-state index in [1.165, 1.54) is 30.4 Å². The molecule has 2 aromatic heterocycles. The first-order valence-electron chi connectivity index (χ1n) is 11.5. The third kappa shape index (κ3) is 6.08. The highest BCUT2D eigenvalue weighted by Crippen LogP contribution is 2.25. The maximum absolute atomic E-state index is 4.88. The van der Waals surface area contributed by atoms with Gasteiger partial charge in [-0.3, -0.25) is 0 Å². The number of allylic oxidation sites excluding steroid dienone is 2. The summed E-state index contributed by atoms with van der Waals surface area (Å²) in [6, 6.07) is 2.08. The third-order valence-electron chi connectivity index (χ3n) is 5.59. The zero-order chi connectivity index (χ0) is 21.3. The lowest BCUT2D eigenvalue weighted by Gasteiger charge is -2.15. The van der Waals surface area contributed by atoms with E-state index in [4.69, 9.17) is 4.98 Å². The molecular weight excluding hydrogens is 372 g/mol.